The molecule has 1 amide bonds. The summed E-state index contributed by atoms with van der Waals surface area (Å²) in [7, 11) is 0. The van der Waals surface area contributed by atoms with E-state index < -0.39 is 0 Å². The zero-order chi connectivity index (χ0) is 16.9. The molecular weight excluding hydrogens is 324 g/mol. The highest BCUT2D eigenvalue weighted by atomic mass is 32.2. The molecule has 1 aromatic rings. The maximum atomic E-state index is 12.1. The van der Waals surface area contributed by atoms with Crippen molar-refractivity contribution in [3.63, 3.8) is 0 Å². The molecule has 1 aromatic carbocycles. The second-order valence-corrected chi connectivity index (χ2v) is 6.77. The molecule has 124 valence electrons. The first-order valence-electron chi connectivity index (χ1n) is 7.93. The normalized spacial score (nSPS) is 20.3. The molecule has 3 rings (SSSR count). The molecule has 1 saturated heterocycles. The fraction of sp³-hybridized carbons (Fsp3) is 0.353. The number of amidine groups is 1. The number of aromatic hydroxyl groups is 1. The molecule has 2 N–H and O–H groups in total. The number of phenols is 1. The summed E-state index contributed by atoms with van der Waals surface area (Å²) >= 11 is 1.36. The fourth-order valence-corrected chi connectivity index (χ4v) is 3.74. The molecule has 2 aliphatic heterocycles. The molecule has 7 heteroatoms. The largest absolute Gasteiger partial charge is 0.507 e. The van der Waals surface area contributed by atoms with Gasteiger partial charge in [-0.25, -0.2) is 0 Å². The number of carbonyl (C=O) groups excluding carboxylic acids is 1. The van der Waals surface area contributed by atoms with E-state index in [9.17, 15) is 9.90 Å². The molecule has 0 spiro atoms. The lowest BCUT2D eigenvalue weighted by Gasteiger charge is -2.32. The number of benzene rings is 1. The van der Waals surface area contributed by atoms with Crippen molar-refractivity contribution in [1.29, 1.82) is 5.26 Å². The Balaban J connectivity index is 1.62. The van der Waals surface area contributed by atoms with Gasteiger partial charge in [-0.3, -0.25) is 4.79 Å². The highest BCUT2D eigenvalue weighted by Gasteiger charge is 2.29. The van der Waals surface area contributed by atoms with Crippen LogP contribution in [0.2, 0.25) is 0 Å². The average Bonchev–Trinajstić information content (AvgIpc) is 2.96. The van der Waals surface area contributed by atoms with Crippen molar-refractivity contribution in [3.8, 4) is 11.8 Å². The first-order valence-corrected chi connectivity index (χ1v) is 8.75. The van der Waals surface area contributed by atoms with Crippen LogP contribution in [0, 0.1) is 11.3 Å². The summed E-state index contributed by atoms with van der Waals surface area (Å²) in [5, 5.41) is 19.2. The van der Waals surface area contributed by atoms with Crippen LogP contribution in [0.5, 0.6) is 5.75 Å². The van der Waals surface area contributed by atoms with E-state index in [4.69, 9.17) is 5.26 Å². The molecule has 0 aromatic heterocycles. The molecule has 6 nitrogen and oxygen atoms in total. The second-order valence-electron chi connectivity index (χ2n) is 5.76. The number of carbonyl (C=O) groups is 1. The van der Waals surface area contributed by atoms with Gasteiger partial charge in [-0.05, 0) is 23.9 Å². The Bertz CT molecular complexity index is 730. The van der Waals surface area contributed by atoms with Crippen molar-refractivity contribution in [1.82, 2.24) is 4.90 Å². The van der Waals surface area contributed by atoms with Crippen LogP contribution in [0.1, 0.15) is 12.0 Å². The van der Waals surface area contributed by atoms with E-state index in [0.29, 0.717) is 16.9 Å². The third-order valence-corrected chi connectivity index (χ3v) is 5.21. The Hall–Kier alpha value is -2.30. The van der Waals surface area contributed by atoms with Crippen LogP contribution in [0.3, 0.4) is 0 Å². The van der Waals surface area contributed by atoms with E-state index in [0.717, 1.165) is 37.9 Å². The van der Waals surface area contributed by atoms with Crippen LogP contribution >= 0.6 is 11.8 Å². The van der Waals surface area contributed by atoms with E-state index in [-0.39, 0.29) is 11.7 Å². The standard InChI is InChI=1S/C17H18N4O2S/c18-6-3-7-20-8-10-21(11-9-20)17-19-16(23)15(24-17)12-13-4-1-2-5-14(13)22/h1-2,4-5,12,22H,3,7-11H2/p+1/b15-12-. The molecule has 2 heterocycles. The van der Waals surface area contributed by atoms with Gasteiger partial charge in [0.05, 0.1) is 50.1 Å². The number of nitrogens with zero attached hydrogens (tertiary/aromatic N) is 3. The maximum absolute atomic E-state index is 12.1. The molecule has 0 radical (unpaired) electrons. The van der Waals surface area contributed by atoms with Crippen LogP contribution < -0.4 is 4.90 Å². The van der Waals surface area contributed by atoms with Crippen LogP contribution in [0.25, 0.3) is 6.08 Å². The zero-order valence-electron chi connectivity index (χ0n) is 13.2. The van der Waals surface area contributed by atoms with Gasteiger partial charge in [0, 0.05) is 5.56 Å². The lowest BCUT2D eigenvalue weighted by Crippen LogP contribution is -3.14. The van der Waals surface area contributed by atoms with Crippen molar-refractivity contribution < 1.29 is 14.8 Å². The molecule has 0 aliphatic carbocycles. The Morgan fingerprint density at radius 2 is 2.12 bits per heavy atom. The van der Waals surface area contributed by atoms with Gasteiger partial charge in [-0.1, -0.05) is 18.2 Å². The summed E-state index contributed by atoms with van der Waals surface area (Å²) < 4.78 is 0. The van der Waals surface area contributed by atoms with Crippen molar-refractivity contribution in [2.24, 2.45) is 4.99 Å². The van der Waals surface area contributed by atoms with E-state index in [1.165, 1.54) is 16.7 Å². The minimum atomic E-state index is -0.252. The summed E-state index contributed by atoms with van der Waals surface area (Å²) in [4.78, 5) is 20.4. The second kappa shape index (κ2) is 7.51. The van der Waals surface area contributed by atoms with E-state index in [1.54, 1.807) is 24.3 Å². The summed E-state index contributed by atoms with van der Waals surface area (Å²) in [6.45, 7) is 4.46. The number of nitriles is 1. The van der Waals surface area contributed by atoms with Crippen LogP contribution in [0.15, 0.2) is 34.2 Å². The summed E-state index contributed by atoms with van der Waals surface area (Å²) in [6, 6.07) is 9.12. The smallest absolute Gasteiger partial charge is 0.286 e. The highest BCUT2D eigenvalue weighted by molar-refractivity contribution is 8.18. The van der Waals surface area contributed by atoms with Crippen LogP contribution in [0.4, 0.5) is 0 Å². The van der Waals surface area contributed by atoms with Crippen LogP contribution in [-0.4, -0.2) is 53.8 Å². The number of hydrogen-bond donors (Lipinski definition) is 2. The summed E-state index contributed by atoms with van der Waals surface area (Å²) in [5.74, 6) is -0.0981. The van der Waals surface area contributed by atoms with Crippen molar-refractivity contribution in [2.75, 3.05) is 32.7 Å². The minimum absolute atomic E-state index is 0.154. The first kappa shape index (κ1) is 16.6. The third kappa shape index (κ3) is 3.78. The monoisotopic (exact) mass is 343 g/mol. The number of aliphatic imine (C=N–C) groups is 1. The van der Waals surface area contributed by atoms with Gasteiger partial charge in [0.2, 0.25) is 0 Å². The lowest BCUT2D eigenvalue weighted by molar-refractivity contribution is -0.903. The Morgan fingerprint density at radius 1 is 1.38 bits per heavy atom. The topological polar surface area (TPSA) is 81.1 Å². The number of piperazine rings is 1. The fourth-order valence-electron chi connectivity index (χ4n) is 2.78. The number of phenolic OH excluding ortho intramolecular Hbond substituents is 1. The quantitative estimate of drug-likeness (QED) is 0.780. The van der Waals surface area contributed by atoms with Gasteiger partial charge in [0.1, 0.15) is 5.75 Å². The van der Waals surface area contributed by atoms with E-state index >= 15 is 0 Å². The number of para-hydroxylation sites is 1. The van der Waals surface area contributed by atoms with Crippen LogP contribution in [-0.2, 0) is 4.79 Å². The average molecular weight is 343 g/mol. The van der Waals surface area contributed by atoms with Crippen molar-refractivity contribution >= 4 is 28.9 Å². The SMILES string of the molecule is N#CCC[NH+]1CCN(C2=NC(=O)/C(=C/c3ccccc3O)S2)CC1. The summed E-state index contributed by atoms with van der Waals surface area (Å²) in [5.41, 5.74) is 0.621. The first-order chi connectivity index (χ1) is 11.7. The maximum Gasteiger partial charge on any atom is 0.286 e. The number of hydrogen-bond acceptors (Lipinski definition) is 5. The molecule has 1 fully saturated rings. The Kier molecular flexibility index (Phi) is 5.18. The predicted octanol–water partition coefficient (Wildman–Crippen LogP) is 0.477. The number of rotatable bonds is 3. The third-order valence-electron chi connectivity index (χ3n) is 4.16. The molecule has 0 saturated carbocycles. The van der Waals surface area contributed by atoms with Gasteiger partial charge < -0.3 is 14.9 Å². The number of thioether (sulfide) groups is 1. The molecule has 0 bridgehead atoms. The highest BCUT2D eigenvalue weighted by Crippen LogP contribution is 2.31. The van der Waals surface area contributed by atoms with Gasteiger partial charge in [0.25, 0.3) is 5.91 Å². The molecule has 0 atom stereocenters. The van der Waals surface area contributed by atoms with Gasteiger partial charge >= 0.3 is 0 Å². The number of quaternary nitrogens is 1. The molecule has 2 aliphatic rings. The van der Waals surface area contributed by atoms with E-state index in [2.05, 4.69) is 16.0 Å². The lowest BCUT2D eigenvalue weighted by atomic mass is 10.2. The number of amides is 1. The molecule has 24 heavy (non-hydrogen) atoms. The summed E-state index contributed by atoms with van der Waals surface area (Å²) in [6.07, 6.45) is 2.27. The predicted molar refractivity (Wildman–Crippen MR) is 93.5 cm³/mol. The van der Waals surface area contributed by atoms with Gasteiger partial charge in [0.15, 0.2) is 5.17 Å². The van der Waals surface area contributed by atoms with Gasteiger partial charge in [-0.15, -0.1) is 0 Å². The molecular formula is C17H19N4O2S+. The van der Waals surface area contributed by atoms with Crippen molar-refractivity contribution in [3.05, 3.63) is 34.7 Å². The minimum Gasteiger partial charge on any atom is -0.507 e. The Morgan fingerprint density at radius 3 is 2.83 bits per heavy atom. The zero-order valence-corrected chi connectivity index (χ0v) is 14.1. The molecule has 0 unspecified atom stereocenters. The number of nitrogens with one attached hydrogen (secondary N) is 1. The van der Waals surface area contributed by atoms with Gasteiger partial charge in [-0.2, -0.15) is 10.3 Å². The van der Waals surface area contributed by atoms with E-state index in [1.807, 2.05) is 6.07 Å². The van der Waals surface area contributed by atoms with Crippen molar-refractivity contribution in [2.45, 2.75) is 6.42 Å². The Labute approximate surface area is 145 Å².